The number of esters is 2. The highest BCUT2D eigenvalue weighted by atomic mass is 28.4. The number of hydrogen-bond acceptors (Lipinski definition) is 14. The Balaban J connectivity index is 1.84. The van der Waals surface area contributed by atoms with Crippen LogP contribution in [-0.4, -0.2) is 187 Å². The number of nitrogens with one attached hydrogen (secondary N) is 3. The zero-order chi connectivity index (χ0) is 61.9. The molecule has 3 saturated heterocycles. The van der Waals surface area contributed by atoms with Gasteiger partial charge in [-0.15, -0.1) is 0 Å². The summed E-state index contributed by atoms with van der Waals surface area (Å²) in [6.45, 7) is 28.3. The van der Waals surface area contributed by atoms with Gasteiger partial charge < -0.3 is 59.3 Å². The van der Waals surface area contributed by atoms with Gasteiger partial charge in [0.15, 0.2) is 14.4 Å². The predicted molar refractivity (Wildman–Crippen MR) is 312 cm³/mol. The highest BCUT2D eigenvalue weighted by Gasteiger charge is 2.47. The molecule has 0 aromatic heterocycles. The minimum Gasteiger partial charge on any atom is -0.497 e. The number of fused-ring (bicyclic) bond motifs is 1. The Morgan fingerprint density at radius 2 is 1.50 bits per heavy atom. The van der Waals surface area contributed by atoms with Crippen LogP contribution in [0.1, 0.15) is 147 Å². The first kappa shape index (κ1) is 68.9. The highest BCUT2D eigenvalue weighted by Crippen LogP contribution is 2.38. The summed E-state index contributed by atoms with van der Waals surface area (Å²) in [6.07, 6.45) is -3.84. The number of aliphatic hydroxyl groups excluding tert-OH is 1. The lowest BCUT2D eigenvalue weighted by Crippen LogP contribution is -2.62. The van der Waals surface area contributed by atoms with Crippen molar-refractivity contribution in [1.82, 2.24) is 35.6 Å². The predicted octanol–water partition coefficient (Wildman–Crippen LogP) is 5.14. The number of aliphatic hydroxyl groups is 1. The first-order valence-corrected chi connectivity index (χ1v) is 32.5. The zero-order valence-corrected chi connectivity index (χ0v) is 53.3. The van der Waals surface area contributed by atoms with Crippen LogP contribution in [0, 0.1) is 23.7 Å². The van der Waals surface area contributed by atoms with Crippen LogP contribution in [0.2, 0.25) is 18.1 Å². The van der Waals surface area contributed by atoms with Gasteiger partial charge in [0.05, 0.1) is 25.7 Å². The van der Waals surface area contributed by atoms with Crippen LogP contribution in [0.15, 0.2) is 24.3 Å². The molecule has 12 atom stereocenters. The Kier molecular flexibility index (Phi) is 25.0. The van der Waals surface area contributed by atoms with Crippen molar-refractivity contribution in [2.45, 2.75) is 233 Å². The van der Waals surface area contributed by atoms with Crippen molar-refractivity contribution < 1.29 is 66.9 Å². The maximum atomic E-state index is 15.1. The number of carbonyl (C=O) groups excluding carboxylic acids is 9. The van der Waals surface area contributed by atoms with Crippen LogP contribution >= 0.6 is 0 Å². The van der Waals surface area contributed by atoms with E-state index >= 15 is 14.4 Å². The average molecular weight is 1170 g/mol. The van der Waals surface area contributed by atoms with E-state index in [9.17, 15) is 33.9 Å². The number of nitrogens with zero attached hydrogens (tertiary/aromatic N) is 4. The van der Waals surface area contributed by atoms with Gasteiger partial charge >= 0.3 is 11.9 Å². The molecule has 1 unspecified atom stereocenters. The van der Waals surface area contributed by atoms with Gasteiger partial charge in [0, 0.05) is 33.6 Å². The standard InChI is InChI=1S/C60H99N7O14Si/c1-19-37(8)49-47(68)33-48(69)80-51(36(6)7)54(72)61-42(30-34(2)3)56(74)67-29-21-23-44(67)58(76)65(15)46(32-40-24-26-41(78-16)27-25-40)59(77)79-38(9)50(53(71)62-49)63-52(70)45(31-35(4)5)64(14)57(75)43-22-20-28-66(43)55(73)39(10)81-82(17,18)60(11,12)13/h24-27,34-39,42-47,49-51,68H,19-23,28-33H2,1-18H3,(H,61,72)(H,62,71)(H,63,70)/t37-,38+,39+,42-,43?,44-,45+,46-,47-,49+,50-,51-/m0/s1. The number of amides is 7. The molecule has 0 saturated carbocycles. The molecular formula is C60H99N7O14Si. The van der Waals surface area contributed by atoms with E-state index < -0.39 is 141 Å². The quantitative estimate of drug-likeness (QED) is 0.116. The van der Waals surface area contributed by atoms with Crippen molar-refractivity contribution in [3.63, 3.8) is 0 Å². The molecule has 21 nitrogen and oxygen atoms in total. The van der Waals surface area contributed by atoms with E-state index in [1.54, 1.807) is 52.0 Å². The summed E-state index contributed by atoms with van der Waals surface area (Å²) in [5.74, 6) is -7.13. The minimum absolute atomic E-state index is 0.0914. The molecule has 0 bridgehead atoms. The molecule has 1 aromatic rings. The summed E-state index contributed by atoms with van der Waals surface area (Å²) in [7, 11) is 2.03. The van der Waals surface area contributed by atoms with Crippen molar-refractivity contribution in [3.8, 4) is 5.75 Å². The molecule has 3 heterocycles. The van der Waals surface area contributed by atoms with Gasteiger partial charge in [0.2, 0.25) is 29.5 Å². The second kappa shape index (κ2) is 29.8. The molecule has 462 valence electrons. The van der Waals surface area contributed by atoms with Crippen LogP contribution < -0.4 is 20.7 Å². The van der Waals surface area contributed by atoms with E-state index in [-0.39, 0.29) is 55.0 Å². The number of carbonyl (C=O) groups is 9. The number of cyclic esters (lactones) is 2. The van der Waals surface area contributed by atoms with Gasteiger partial charge in [-0.2, -0.15) is 0 Å². The lowest BCUT2D eigenvalue weighted by atomic mass is 9.92. The summed E-state index contributed by atoms with van der Waals surface area (Å²) < 4.78 is 23.8. The molecule has 4 rings (SSSR count). The smallest absolute Gasteiger partial charge is 0.329 e. The third-order valence-corrected chi connectivity index (χ3v) is 21.5. The van der Waals surface area contributed by atoms with Gasteiger partial charge in [-0.3, -0.25) is 38.4 Å². The summed E-state index contributed by atoms with van der Waals surface area (Å²) in [5.41, 5.74) is 0.605. The van der Waals surface area contributed by atoms with Crippen molar-refractivity contribution in [3.05, 3.63) is 29.8 Å². The lowest BCUT2D eigenvalue weighted by molar-refractivity contribution is -0.162. The van der Waals surface area contributed by atoms with Crippen LogP contribution in [0.5, 0.6) is 5.75 Å². The fourth-order valence-corrected chi connectivity index (χ4v) is 12.1. The maximum absolute atomic E-state index is 15.1. The molecule has 0 spiro atoms. The monoisotopic (exact) mass is 1170 g/mol. The van der Waals surface area contributed by atoms with E-state index in [0.29, 0.717) is 43.5 Å². The second-order valence-electron chi connectivity index (χ2n) is 25.7. The normalized spacial score (nSPS) is 26.3. The Morgan fingerprint density at radius 3 is 2.06 bits per heavy atom. The third kappa shape index (κ3) is 17.7. The van der Waals surface area contributed by atoms with E-state index in [4.69, 9.17) is 18.6 Å². The number of rotatable bonds is 17. The van der Waals surface area contributed by atoms with Crippen molar-refractivity contribution >= 4 is 61.6 Å². The molecule has 22 heteroatoms. The summed E-state index contributed by atoms with van der Waals surface area (Å²) >= 11 is 0. The zero-order valence-electron chi connectivity index (χ0n) is 52.3. The topological polar surface area (TPSA) is 260 Å². The number of likely N-dealkylation sites (tertiary alicyclic amines) is 1. The van der Waals surface area contributed by atoms with Gasteiger partial charge in [-0.05, 0) is 112 Å². The Labute approximate surface area is 488 Å². The molecule has 4 N–H and O–H groups in total. The molecule has 7 amide bonds. The summed E-state index contributed by atoms with van der Waals surface area (Å²) in [6, 6.07) is -1.71. The molecule has 3 fully saturated rings. The largest absolute Gasteiger partial charge is 0.497 e. The van der Waals surface area contributed by atoms with Gasteiger partial charge in [-0.25, -0.2) is 4.79 Å². The fraction of sp³-hybridized carbons (Fsp3) is 0.750. The lowest BCUT2D eigenvalue weighted by Gasteiger charge is -2.39. The van der Waals surface area contributed by atoms with Gasteiger partial charge in [0.25, 0.3) is 11.8 Å². The number of methoxy groups -OCH3 is 1. The van der Waals surface area contributed by atoms with Crippen molar-refractivity contribution in [1.29, 1.82) is 0 Å². The number of ether oxygens (including phenoxy) is 3. The number of benzene rings is 1. The first-order chi connectivity index (χ1) is 38.1. The van der Waals surface area contributed by atoms with E-state index in [0.717, 1.165) is 0 Å². The Bertz CT molecular complexity index is 2400. The molecule has 1 aromatic carbocycles. The molecule has 3 aliphatic rings. The molecule has 0 aliphatic carbocycles. The van der Waals surface area contributed by atoms with Crippen LogP contribution in [0.25, 0.3) is 0 Å². The van der Waals surface area contributed by atoms with Crippen molar-refractivity contribution in [2.24, 2.45) is 23.7 Å². The first-order valence-electron chi connectivity index (χ1n) is 29.6. The van der Waals surface area contributed by atoms with Crippen LogP contribution in [-0.2, 0) is 63.5 Å². The summed E-state index contributed by atoms with van der Waals surface area (Å²) in [4.78, 5) is 137. The fourth-order valence-electron chi connectivity index (χ4n) is 10.7. The highest BCUT2D eigenvalue weighted by molar-refractivity contribution is 6.74. The second-order valence-corrected chi connectivity index (χ2v) is 30.4. The third-order valence-electron chi connectivity index (χ3n) is 16.9. The Hall–Kier alpha value is -5.61. The van der Waals surface area contributed by atoms with Crippen LogP contribution in [0.4, 0.5) is 0 Å². The van der Waals surface area contributed by atoms with Gasteiger partial charge in [0.1, 0.15) is 54.2 Å². The van der Waals surface area contributed by atoms with E-state index in [1.807, 2.05) is 34.6 Å². The van der Waals surface area contributed by atoms with E-state index in [2.05, 4.69) is 49.8 Å². The van der Waals surface area contributed by atoms with Crippen LogP contribution in [0.3, 0.4) is 0 Å². The number of hydrogen-bond donors (Lipinski definition) is 4. The average Bonchev–Trinajstić information content (AvgIpc) is 4.29. The Morgan fingerprint density at radius 1 is 0.878 bits per heavy atom. The molecule has 0 radical (unpaired) electrons. The van der Waals surface area contributed by atoms with Gasteiger partial charge in [-0.1, -0.05) is 94.7 Å². The number of likely N-dealkylation sites (N-methyl/N-ethyl adjacent to an activating group) is 2. The SMILES string of the molecule is CC[C@H](C)[C@H]1NC(=O)[C@@H](NC(=O)[C@@H](CC(C)C)N(C)C(=O)C2CCCN2C(=O)[C@@H](C)O[Si](C)(C)C(C)(C)C)[C@@H](C)OC(=O)[C@H](Cc2ccc(OC)cc2)N(C)C(=O)[C@@H]2CCCN2C(=O)[C@H](CC(C)C)NC(=O)[C@H](C(C)C)OC(=O)C[C@@H]1O. The van der Waals surface area contributed by atoms with E-state index in [1.165, 1.54) is 47.7 Å². The summed E-state index contributed by atoms with van der Waals surface area (Å²) in [5, 5.41) is 20.2. The van der Waals surface area contributed by atoms with Crippen molar-refractivity contribution in [2.75, 3.05) is 34.3 Å². The molecule has 82 heavy (non-hydrogen) atoms. The minimum atomic E-state index is -2.39. The maximum Gasteiger partial charge on any atom is 0.329 e. The molecular weight excluding hydrogens is 1070 g/mol. The molecule has 3 aliphatic heterocycles.